The second-order valence-corrected chi connectivity index (χ2v) is 8.28. The van der Waals surface area contributed by atoms with Crippen molar-refractivity contribution >= 4 is 44.5 Å². The minimum Gasteiger partial charge on any atom is -0.469 e. The molecule has 1 aliphatic heterocycles. The fourth-order valence-electron chi connectivity index (χ4n) is 3.62. The molecular weight excluding hydrogens is 366 g/mol. The highest BCUT2D eigenvalue weighted by molar-refractivity contribution is 7.22. The number of hydrogen-bond acceptors (Lipinski definition) is 6. The average molecular weight is 387 g/mol. The highest BCUT2D eigenvalue weighted by Gasteiger charge is 2.40. The molecule has 1 N–H and O–H groups in total. The molecule has 0 spiro atoms. The Morgan fingerprint density at radius 3 is 2.81 bits per heavy atom. The maximum absolute atomic E-state index is 12.5. The number of aromatic nitrogens is 1. The van der Waals surface area contributed by atoms with E-state index in [1.807, 2.05) is 19.1 Å². The summed E-state index contributed by atoms with van der Waals surface area (Å²) in [5.74, 6) is -0.950. The van der Waals surface area contributed by atoms with Crippen molar-refractivity contribution < 1.29 is 19.1 Å². The Labute approximate surface area is 160 Å². The Balaban J connectivity index is 1.38. The first-order chi connectivity index (χ1) is 12.9. The number of ether oxygens (including phenoxy) is 1. The summed E-state index contributed by atoms with van der Waals surface area (Å²) in [4.78, 5) is 42.5. The molecule has 7 nitrogen and oxygen atoms in total. The minimum atomic E-state index is -0.386. The molecule has 2 aliphatic rings. The molecule has 1 aromatic heterocycles. The van der Waals surface area contributed by atoms with Gasteiger partial charge in [-0.1, -0.05) is 17.4 Å². The summed E-state index contributed by atoms with van der Waals surface area (Å²) in [7, 11) is 1.37. The molecular formula is C19H21N3O4S. The molecule has 2 fully saturated rings. The van der Waals surface area contributed by atoms with Crippen LogP contribution in [-0.2, 0) is 19.1 Å². The number of thiazole rings is 1. The van der Waals surface area contributed by atoms with Crippen molar-refractivity contribution in [2.75, 3.05) is 18.6 Å². The second kappa shape index (κ2) is 6.92. The van der Waals surface area contributed by atoms with Gasteiger partial charge in [0.05, 0.1) is 29.2 Å². The molecule has 0 bridgehead atoms. The van der Waals surface area contributed by atoms with Crippen molar-refractivity contribution in [3.8, 4) is 0 Å². The largest absolute Gasteiger partial charge is 0.469 e. The molecule has 27 heavy (non-hydrogen) atoms. The summed E-state index contributed by atoms with van der Waals surface area (Å²) in [6.07, 6.45) is 1.38. The van der Waals surface area contributed by atoms with Crippen LogP contribution >= 0.6 is 11.3 Å². The zero-order valence-corrected chi connectivity index (χ0v) is 16.0. The topological polar surface area (TPSA) is 88.6 Å². The SMILES string of the molecule is COC(=O)C1CC(NC(=O)C2CC(=O)N(c3nc4ccc(C)cc4s3)C2)C1. The van der Waals surface area contributed by atoms with E-state index in [-0.39, 0.29) is 42.1 Å². The molecule has 1 saturated carbocycles. The Morgan fingerprint density at radius 1 is 1.30 bits per heavy atom. The third kappa shape index (κ3) is 3.41. The predicted molar refractivity (Wildman–Crippen MR) is 101 cm³/mol. The summed E-state index contributed by atoms with van der Waals surface area (Å²) in [5, 5.41) is 3.60. The van der Waals surface area contributed by atoms with Gasteiger partial charge in [-0.15, -0.1) is 0 Å². The lowest BCUT2D eigenvalue weighted by Gasteiger charge is -2.34. The average Bonchev–Trinajstić information content (AvgIpc) is 3.19. The third-order valence-electron chi connectivity index (χ3n) is 5.28. The van der Waals surface area contributed by atoms with Gasteiger partial charge >= 0.3 is 5.97 Å². The summed E-state index contributed by atoms with van der Waals surface area (Å²) in [6.45, 7) is 2.36. The van der Waals surface area contributed by atoms with Crippen LogP contribution in [0.4, 0.5) is 5.13 Å². The molecule has 1 unspecified atom stereocenters. The van der Waals surface area contributed by atoms with Gasteiger partial charge in [-0.2, -0.15) is 0 Å². The smallest absolute Gasteiger partial charge is 0.308 e. The zero-order chi connectivity index (χ0) is 19.1. The molecule has 8 heteroatoms. The van der Waals surface area contributed by atoms with Crippen LogP contribution in [0.15, 0.2) is 18.2 Å². The molecule has 1 saturated heterocycles. The number of carbonyl (C=O) groups is 3. The lowest BCUT2D eigenvalue weighted by molar-refractivity contribution is -0.150. The van der Waals surface area contributed by atoms with E-state index in [4.69, 9.17) is 4.74 Å². The van der Waals surface area contributed by atoms with Gasteiger partial charge in [0.2, 0.25) is 11.8 Å². The first-order valence-corrected chi connectivity index (χ1v) is 9.82. The first kappa shape index (κ1) is 17.9. The number of amides is 2. The van der Waals surface area contributed by atoms with E-state index in [1.165, 1.54) is 18.4 Å². The summed E-state index contributed by atoms with van der Waals surface area (Å²) in [5.41, 5.74) is 2.01. The number of aryl methyl sites for hydroxylation is 1. The lowest BCUT2D eigenvalue weighted by Crippen LogP contribution is -2.49. The van der Waals surface area contributed by atoms with Gasteiger partial charge in [0.15, 0.2) is 5.13 Å². The second-order valence-electron chi connectivity index (χ2n) is 7.27. The van der Waals surface area contributed by atoms with E-state index < -0.39 is 0 Å². The van der Waals surface area contributed by atoms with Gasteiger partial charge in [0.25, 0.3) is 0 Å². The predicted octanol–water partition coefficient (Wildman–Crippen LogP) is 2.03. The number of esters is 1. The fourth-order valence-corrected chi connectivity index (χ4v) is 4.71. The van der Waals surface area contributed by atoms with Crippen molar-refractivity contribution in [3.05, 3.63) is 23.8 Å². The van der Waals surface area contributed by atoms with Gasteiger partial charge in [0.1, 0.15) is 0 Å². The van der Waals surface area contributed by atoms with E-state index >= 15 is 0 Å². The molecule has 1 atom stereocenters. The number of rotatable bonds is 4. The molecule has 4 rings (SSSR count). The normalized spacial score (nSPS) is 24.7. The van der Waals surface area contributed by atoms with Gasteiger partial charge in [-0.3, -0.25) is 19.3 Å². The first-order valence-electron chi connectivity index (χ1n) is 9.00. The summed E-state index contributed by atoms with van der Waals surface area (Å²) < 4.78 is 5.74. The van der Waals surface area contributed by atoms with Crippen molar-refractivity contribution in [1.29, 1.82) is 0 Å². The number of benzene rings is 1. The standard InChI is InChI=1S/C19H21N3O4S/c1-10-3-4-14-15(5-10)27-19(21-14)22-9-12(8-16(22)23)17(24)20-13-6-11(7-13)18(25)26-2/h3-5,11-13H,6-9H2,1-2H3,(H,20,24). The highest BCUT2D eigenvalue weighted by Crippen LogP contribution is 2.34. The van der Waals surface area contributed by atoms with Gasteiger partial charge in [0, 0.05) is 19.0 Å². The van der Waals surface area contributed by atoms with E-state index in [0.717, 1.165) is 15.8 Å². The third-order valence-corrected chi connectivity index (χ3v) is 6.32. The Bertz CT molecular complexity index is 919. The van der Waals surface area contributed by atoms with E-state index in [2.05, 4.69) is 16.4 Å². The van der Waals surface area contributed by atoms with Gasteiger partial charge in [-0.25, -0.2) is 4.98 Å². The van der Waals surface area contributed by atoms with Crippen molar-refractivity contribution in [2.24, 2.45) is 11.8 Å². The Kier molecular flexibility index (Phi) is 4.59. The molecule has 2 amide bonds. The maximum atomic E-state index is 12.5. The van der Waals surface area contributed by atoms with Crippen molar-refractivity contribution in [2.45, 2.75) is 32.2 Å². The minimum absolute atomic E-state index is 0.0174. The van der Waals surface area contributed by atoms with Crippen LogP contribution in [0.1, 0.15) is 24.8 Å². The number of hydrogen-bond donors (Lipinski definition) is 1. The monoisotopic (exact) mass is 387 g/mol. The van der Waals surface area contributed by atoms with E-state index in [0.29, 0.717) is 24.5 Å². The number of nitrogens with one attached hydrogen (secondary N) is 1. The molecule has 142 valence electrons. The summed E-state index contributed by atoms with van der Waals surface area (Å²) in [6, 6.07) is 5.98. The van der Waals surface area contributed by atoms with Crippen LogP contribution in [0.2, 0.25) is 0 Å². The van der Waals surface area contributed by atoms with E-state index in [1.54, 1.807) is 4.90 Å². The van der Waals surface area contributed by atoms with E-state index in [9.17, 15) is 14.4 Å². The highest BCUT2D eigenvalue weighted by atomic mass is 32.1. The Hall–Kier alpha value is -2.48. The quantitative estimate of drug-likeness (QED) is 0.811. The number of nitrogens with zero attached hydrogens (tertiary/aromatic N) is 2. The van der Waals surface area contributed by atoms with Gasteiger partial charge < -0.3 is 10.1 Å². The lowest BCUT2D eigenvalue weighted by atomic mass is 9.80. The number of methoxy groups -OCH3 is 1. The van der Waals surface area contributed by atoms with Crippen LogP contribution in [0, 0.1) is 18.8 Å². The van der Waals surface area contributed by atoms with Crippen LogP contribution in [0.25, 0.3) is 10.2 Å². The fraction of sp³-hybridized carbons (Fsp3) is 0.474. The number of anilines is 1. The molecule has 2 heterocycles. The number of fused-ring (bicyclic) bond motifs is 1. The Morgan fingerprint density at radius 2 is 2.07 bits per heavy atom. The van der Waals surface area contributed by atoms with Gasteiger partial charge in [-0.05, 0) is 37.5 Å². The maximum Gasteiger partial charge on any atom is 0.308 e. The van der Waals surface area contributed by atoms with Crippen molar-refractivity contribution in [3.63, 3.8) is 0 Å². The summed E-state index contributed by atoms with van der Waals surface area (Å²) >= 11 is 1.47. The van der Waals surface area contributed by atoms with Crippen LogP contribution in [-0.4, -0.2) is 42.5 Å². The van der Waals surface area contributed by atoms with Crippen LogP contribution < -0.4 is 10.2 Å². The van der Waals surface area contributed by atoms with Crippen molar-refractivity contribution in [1.82, 2.24) is 10.3 Å². The van der Waals surface area contributed by atoms with Crippen LogP contribution in [0.3, 0.4) is 0 Å². The molecule has 0 radical (unpaired) electrons. The molecule has 2 aromatic rings. The number of carbonyl (C=O) groups excluding carboxylic acids is 3. The zero-order valence-electron chi connectivity index (χ0n) is 15.2. The molecule has 1 aromatic carbocycles. The molecule has 1 aliphatic carbocycles. The van der Waals surface area contributed by atoms with Crippen LogP contribution in [0.5, 0.6) is 0 Å².